The maximum Gasteiger partial charge on any atom is 0.155 e. The molecule has 0 radical (unpaired) electrons. The molecule has 1 nitrogen and oxygen atoms in total. The lowest BCUT2D eigenvalue weighted by molar-refractivity contribution is -0.115. The van der Waals surface area contributed by atoms with Crippen LogP contribution in [0.25, 0.3) is 0 Å². The highest BCUT2D eigenvalue weighted by Crippen LogP contribution is 2.62. The van der Waals surface area contributed by atoms with Crippen molar-refractivity contribution in [3.63, 3.8) is 0 Å². The van der Waals surface area contributed by atoms with Crippen LogP contribution in [0.15, 0.2) is 11.6 Å². The maximum absolute atomic E-state index is 11.3. The van der Waals surface area contributed by atoms with Gasteiger partial charge in [-0.2, -0.15) is 0 Å². The van der Waals surface area contributed by atoms with E-state index in [2.05, 4.69) is 0 Å². The van der Waals surface area contributed by atoms with Gasteiger partial charge in [0.1, 0.15) is 0 Å². The topological polar surface area (TPSA) is 17.1 Å². The van der Waals surface area contributed by atoms with Crippen LogP contribution in [-0.2, 0) is 4.79 Å². The average molecular weight is 176 g/mol. The average Bonchev–Trinajstić information content (AvgIpc) is 2.86. The molecule has 13 heavy (non-hydrogen) atoms. The maximum atomic E-state index is 11.3. The second kappa shape index (κ2) is 2.46. The van der Waals surface area contributed by atoms with Gasteiger partial charge in [-0.1, -0.05) is 5.57 Å². The molecule has 1 unspecified atom stereocenters. The third-order valence-electron chi connectivity index (χ3n) is 4.24. The molecule has 0 saturated heterocycles. The smallest absolute Gasteiger partial charge is 0.155 e. The Morgan fingerprint density at radius 1 is 1.23 bits per heavy atom. The van der Waals surface area contributed by atoms with E-state index in [4.69, 9.17) is 0 Å². The fourth-order valence-electron chi connectivity index (χ4n) is 3.38. The van der Waals surface area contributed by atoms with E-state index in [0.29, 0.717) is 11.2 Å². The molecule has 2 fully saturated rings. The molecule has 1 atom stereocenters. The molecule has 70 valence electrons. The van der Waals surface area contributed by atoms with Crippen molar-refractivity contribution in [2.24, 2.45) is 11.3 Å². The SMILES string of the molecule is O=C1C=C2CCCC3(CC3)C2CC1. The summed E-state index contributed by atoms with van der Waals surface area (Å²) >= 11 is 0. The van der Waals surface area contributed by atoms with E-state index in [1.807, 2.05) is 6.08 Å². The van der Waals surface area contributed by atoms with Crippen molar-refractivity contribution in [3.05, 3.63) is 11.6 Å². The Balaban J connectivity index is 1.94. The summed E-state index contributed by atoms with van der Waals surface area (Å²) < 4.78 is 0. The quantitative estimate of drug-likeness (QED) is 0.554. The molecule has 2 saturated carbocycles. The van der Waals surface area contributed by atoms with E-state index in [0.717, 1.165) is 18.8 Å². The number of carbonyl (C=O) groups is 1. The summed E-state index contributed by atoms with van der Waals surface area (Å²) in [6.07, 6.45) is 10.8. The number of carbonyl (C=O) groups excluding carboxylic acids is 1. The standard InChI is InChI=1S/C12H16O/c13-10-3-4-11-9(8-10)2-1-5-12(11)6-7-12/h8,11H,1-7H2. The molecule has 3 rings (SSSR count). The lowest BCUT2D eigenvalue weighted by Gasteiger charge is -2.36. The van der Waals surface area contributed by atoms with Crippen molar-refractivity contribution in [2.75, 3.05) is 0 Å². The Kier molecular flexibility index (Phi) is 1.47. The summed E-state index contributed by atoms with van der Waals surface area (Å²) in [5.74, 6) is 1.18. The number of allylic oxidation sites excluding steroid dienone is 2. The third kappa shape index (κ3) is 1.09. The summed E-state index contributed by atoms with van der Waals surface area (Å²) in [4.78, 5) is 11.3. The lowest BCUT2D eigenvalue weighted by Crippen LogP contribution is -2.27. The molecule has 0 bridgehead atoms. The van der Waals surface area contributed by atoms with Gasteiger partial charge in [0.05, 0.1) is 0 Å². The normalized spacial score (nSPS) is 35.5. The van der Waals surface area contributed by atoms with Crippen LogP contribution >= 0.6 is 0 Å². The van der Waals surface area contributed by atoms with Crippen molar-refractivity contribution < 1.29 is 4.79 Å². The molecule has 0 aromatic carbocycles. The predicted octanol–water partition coefficient (Wildman–Crippen LogP) is 2.86. The minimum absolute atomic E-state index is 0.379. The van der Waals surface area contributed by atoms with Gasteiger partial charge in [-0.05, 0) is 55.9 Å². The molecule has 0 aromatic heterocycles. The van der Waals surface area contributed by atoms with E-state index in [1.165, 1.54) is 37.7 Å². The van der Waals surface area contributed by atoms with Gasteiger partial charge in [0, 0.05) is 6.42 Å². The van der Waals surface area contributed by atoms with Crippen LogP contribution in [0.3, 0.4) is 0 Å². The highest BCUT2D eigenvalue weighted by atomic mass is 16.1. The fraction of sp³-hybridized carbons (Fsp3) is 0.750. The van der Waals surface area contributed by atoms with Gasteiger partial charge >= 0.3 is 0 Å². The molecule has 1 heteroatoms. The number of hydrogen-bond acceptors (Lipinski definition) is 1. The second-order valence-corrected chi connectivity index (χ2v) is 4.99. The van der Waals surface area contributed by atoms with Crippen molar-refractivity contribution in [1.29, 1.82) is 0 Å². The van der Waals surface area contributed by atoms with Gasteiger partial charge in [0.25, 0.3) is 0 Å². The molecule has 0 amide bonds. The van der Waals surface area contributed by atoms with Crippen molar-refractivity contribution in [3.8, 4) is 0 Å². The molecular weight excluding hydrogens is 160 g/mol. The molecular formula is C12H16O. The van der Waals surface area contributed by atoms with Crippen molar-refractivity contribution in [2.45, 2.75) is 44.9 Å². The van der Waals surface area contributed by atoms with Crippen LogP contribution < -0.4 is 0 Å². The summed E-state index contributed by atoms with van der Waals surface area (Å²) in [6, 6.07) is 0. The van der Waals surface area contributed by atoms with Crippen molar-refractivity contribution >= 4 is 5.78 Å². The van der Waals surface area contributed by atoms with Crippen LogP contribution in [0.1, 0.15) is 44.9 Å². The van der Waals surface area contributed by atoms with Gasteiger partial charge in [-0.25, -0.2) is 0 Å². The number of fused-ring (bicyclic) bond motifs is 2. The monoisotopic (exact) mass is 176 g/mol. The molecule has 3 aliphatic rings. The summed E-state index contributed by atoms with van der Waals surface area (Å²) in [6.45, 7) is 0. The number of hydrogen-bond donors (Lipinski definition) is 0. The van der Waals surface area contributed by atoms with Crippen LogP contribution in [0.4, 0.5) is 0 Å². The molecule has 3 aliphatic carbocycles. The van der Waals surface area contributed by atoms with Gasteiger partial charge in [0.15, 0.2) is 5.78 Å². The molecule has 0 heterocycles. The van der Waals surface area contributed by atoms with E-state index >= 15 is 0 Å². The van der Waals surface area contributed by atoms with Crippen LogP contribution in [0, 0.1) is 11.3 Å². The largest absolute Gasteiger partial charge is 0.295 e. The Hall–Kier alpha value is -0.590. The molecule has 0 aliphatic heterocycles. The summed E-state index contributed by atoms with van der Waals surface area (Å²) in [5, 5.41) is 0. The summed E-state index contributed by atoms with van der Waals surface area (Å²) in [7, 11) is 0. The van der Waals surface area contributed by atoms with E-state index in [1.54, 1.807) is 0 Å². The molecule has 0 N–H and O–H groups in total. The predicted molar refractivity (Wildman–Crippen MR) is 51.3 cm³/mol. The van der Waals surface area contributed by atoms with Crippen molar-refractivity contribution in [1.82, 2.24) is 0 Å². The zero-order chi connectivity index (χ0) is 8.89. The Bertz CT molecular complexity index is 283. The zero-order valence-electron chi connectivity index (χ0n) is 8.01. The Morgan fingerprint density at radius 2 is 2.08 bits per heavy atom. The number of ketones is 1. The van der Waals surface area contributed by atoms with Crippen LogP contribution in [0.5, 0.6) is 0 Å². The first-order valence-electron chi connectivity index (χ1n) is 5.53. The highest BCUT2D eigenvalue weighted by molar-refractivity contribution is 5.91. The van der Waals surface area contributed by atoms with Crippen LogP contribution in [0.2, 0.25) is 0 Å². The number of rotatable bonds is 0. The Labute approximate surface area is 79.2 Å². The minimum Gasteiger partial charge on any atom is -0.295 e. The molecule has 1 spiro atoms. The first-order chi connectivity index (χ1) is 6.30. The fourth-order valence-corrected chi connectivity index (χ4v) is 3.38. The minimum atomic E-state index is 0.379. The third-order valence-corrected chi connectivity index (χ3v) is 4.24. The summed E-state index contributed by atoms with van der Waals surface area (Å²) in [5.41, 5.74) is 2.19. The zero-order valence-corrected chi connectivity index (χ0v) is 8.01. The van der Waals surface area contributed by atoms with E-state index < -0.39 is 0 Å². The highest BCUT2D eigenvalue weighted by Gasteiger charge is 2.52. The van der Waals surface area contributed by atoms with Crippen LogP contribution in [-0.4, -0.2) is 5.78 Å². The van der Waals surface area contributed by atoms with Gasteiger partial charge < -0.3 is 0 Å². The second-order valence-electron chi connectivity index (χ2n) is 4.99. The Morgan fingerprint density at radius 3 is 2.85 bits per heavy atom. The lowest BCUT2D eigenvalue weighted by atomic mass is 9.68. The van der Waals surface area contributed by atoms with E-state index in [9.17, 15) is 4.79 Å². The van der Waals surface area contributed by atoms with Gasteiger partial charge in [-0.3, -0.25) is 4.79 Å². The van der Waals surface area contributed by atoms with E-state index in [-0.39, 0.29) is 0 Å². The van der Waals surface area contributed by atoms with Gasteiger partial charge in [0.2, 0.25) is 0 Å². The first kappa shape index (κ1) is 7.78. The van der Waals surface area contributed by atoms with Gasteiger partial charge in [-0.15, -0.1) is 0 Å². The first-order valence-corrected chi connectivity index (χ1v) is 5.53. The molecule has 0 aromatic rings.